The molecule has 2 atom stereocenters. The molecule has 1 heterocycles. The molecule has 1 aliphatic rings. The number of hydrogen-bond donors (Lipinski definition) is 2. The number of nitrogens with zero attached hydrogens (tertiary/aromatic N) is 1. The van der Waals surface area contributed by atoms with Crippen LogP contribution >= 0.6 is 0 Å². The molecule has 20 heavy (non-hydrogen) atoms. The first-order valence-electron chi connectivity index (χ1n) is 6.89. The van der Waals surface area contributed by atoms with E-state index in [1.54, 1.807) is 12.1 Å². The van der Waals surface area contributed by atoms with Gasteiger partial charge in [0.05, 0.1) is 19.6 Å². The van der Waals surface area contributed by atoms with Gasteiger partial charge in [-0.3, -0.25) is 9.69 Å². The lowest BCUT2D eigenvalue weighted by Crippen LogP contribution is -2.51. The highest BCUT2D eigenvalue weighted by molar-refractivity contribution is 5.67. The number of ether oxygens (including phenoxy) is 1. The van der Waals surface area contributed by atoms with Crippen molar-refractivity contribution in [3.8, 4) is 5.75 Å². The number of benzene rings is 1. The molecule has 0 spiro atoms. The number of hydrogen-bond acceptors (Lipinski definition) is 4. The number of phenols is 1. The van der Waals surface area contributed by atoms with E-state index in [0.29, 0.717) is 13.2 Å². The molecule has 1 saturated heterocycles. The fourth-order valence-electron chi connectivity index (χ4n) is 2.72. The lowest BCUT2D eigenvalue weighted by molar-refractivity contribution is -0.140. The van der Waals surface area contributed by atoms with Crippen molar-refractivity contribution in [2.75, 3.05) is 19.8 Å². The van der Waals surface area contributed by atoms with E-state index in [2.05, 4.69) is 11.8 Å². The summed E-state index contributed by atoms with van der Waals surface area (Å²) in [6.07, 6.45) is 0.941. The number of carboxylic acid groups (broad SMARTS) is 1. The Morgan fingerprint density at radius 1 is 1.45 bits per heavy atom. The summed E-state index contributed by atoms with van der Waals surface area (Å²) in [6, 6.07) is 7.34. The van der Waals surface area contributed by atoms with Gasteiger partial charge in [-0.15, -0.1) is 0 Å². The summed E-state index contributed by atoms with van der Waals surface area (Å²) in [5.74, 6) is -0.529. The Morgan fingerprint density at radius 2 is 2.15 bits per heavy atom. The van der Waals surface area contributed by atoms with Gasteiger partial charge in [0.1, 0.15) is 5.75 Å². The van der Waals surface area contributed by atoms with Crippen molar-refractivity contribution in [1.29, 1.82) is 0 Å². The lowest BCUT2D eigenvalue weighted by atomic mass is 10.0. The molecular weight excluding hydrogens is 258 g/mol. The first-order valence-corrected chi connectivity index (χ1v) is 6.89. The first kappa shape index (κ1) is 14.8. The quantitative estimate of drug-likeness (QED) is 0.854. The van der Waals surface area contributed by atoms with Gasteiger partial charge in [-0.05, 0) is 31.0 Å². The van der Waals surface area contributed by atoms with Crippen molar-refractivity contribution in [2.24, 2.45) is 0 Å². The van der Waals surface area contributed by atoms with Crippen molar-refractivity contribution in [3.05, 3.63) is 29.8 Å². The minimum Gasteiger partial charge on any atom is -0.508 e. The van der Waals surface area contributed by atoms with Crippen LogP contribution in [0.5, 0.6) is 5.75 Å². The molecule has 0 aromatic heterocycles. The van der Waals surface area contributed by atoms with E-state index in [1.165, 1.54) is 0 Å². The Kier molecular flexibility index (Phi) is 4.98. The summed E-state index contributed by atoms with van der Waals surface area (Å²) in [5.41, 5.74) is 1.14. The molecule has 110 valence electrons. The van der Waals surface area contributed by atoms with Crippen LogP contribution < -0.4 is 0 Å². The number of rotatable bonds is 5. The molecular formula is C15H21NO4. The lowest BCUT2D eigenvalue weighted by Gasteiger charge is -2.39. The Morgan fingerprint density at radius 3 is 2.80 bits per heavy atom. The first-order chi connectivity index (χ1) is 9.56. The third-order valence-electron chi connectivity index (χ3n) is 3.72. The van der Waals surface area contributed by atoms with Crippen LogP contribution in [0.15, 0.2) is 24.3 Å². The van der Waals surface area contributed by atoms with Gasteiger partial charge in [-0.2, -0.15) is 0 Å². The Hall–Kier alpha value is -1.59. The molecule has 0 saturated carbocycles. The predicted octanol–water partition coefficient (Wildman–Crippen LogP) is 1.50. The number of phenolic OH excluding ortho intramolecular Hbond substituents is 1. The maximum absolute atomic E-state index is 10.9. The smallest absolute Gasteiger partial charge is 0.305 e. The molecule has 0 bridgehead atoms. The second kappa shape index (κ2) is 6.72. The second-order valence-corrected chi connectivity index (χ2v) is 5.28. The fourth-order valence-corrected chi connectivity index (χ4v) is 2.72. The standard InChI is InChI=1S/C15H21NO4/c1-11(8-12-2-4-14(17)5-3-12)16-6-7-20-10-13(16)9-15(18)19/h2-5,11,13,17H,6-10H2,1H3,(H,18,19). The minimum absolute atomic E-state index is 0.0617. The summed E-state index contributed by atoms with van der Waals surface area (Å²) in [7, 11) is 0. The Labute approximate surface area is 118 Å². The molecule has 0 radical (unpaired) electrons. The van der Waals surface area contributed by atoms with Crippen molar-refractivity contribution >= 4 is 5.97 Å². The summed E-state index contributed by atoms with van der Waals surface area (Å²) >= 11 is 0. The average Bonchev–Trinajstić information content (AvgIpc) is 2.41. The van der Waals surface area contributed by atoms with Gasteiger partial charge in [0, 0.05) is 18.6 Å². The average molecular weight is 279 g/mol. The number of carboxylic acids is 1. The number of aliphatic carboxylic acids is 1. The van der Waals surface area contributed by atoms with Crippen molar-refractivity contribution < 1.29 is 19.7 Å². The van der Waals surface area contributed by atoms with E-state index in [0.717, 1.165) is 18.5 Å². The minimum atomic E-state index is -0.790. The Balaban J connectivity index is 1.99. The van der Waals surface area contributed by atoms with Crippen molar-refractivity contribution in [2.45, 2.75) is 31.8 Å². The summed E-state index contributed by atoms with van der Waals surface area (Å²) in [4.78, 5) is 13.1. The number of morpholine rings is 1. The molecule has 1 aromatic carbocycles. The molecule has 2 N–H and O–H groups in total. The Bertz CT molecular complexity index is 446. The zero-order chi connectivity index (χ0) is 14.5. The van der Waals surface area contributed by atoms with E-state index in [1.807, 2.05) is 12.1 Å². The topological polar surface area (TPSA) is 70.0 Å². The van der Waals surface area contributed by atoms with Crippen LogP contribution in [0.25, 0.3) is 0 Å². The molecule has 1 aromatic rings. The van der Waals surface area contributed by atoms with Gasteiger partial charge in [0.2, 0.25) is 0 Å². The van der Waals surface area contributed by atoms with E-state index >= 15 is 0 Å². The molecule has 1 fully saturated rings. The largest absolute Gasteiger partial charge is 0.508 e. The van der Waals surface area contributed by atoms with E-state index < -0.39 is 5.97 Å². The van der Waals surface area contributed by atoms with Crippen LogP contribution in [0.3, 0.4) is 0 Å². The maximum atomic E-state index is 10.9. The summed E-state index contributed by atoms with van der Waals surface area (Å²) < 4.78 is 5.39. The molecule has 1 aliphatic heterocycles. The van der Waals surface area contributed by atoms with Crippen LogP contribution in [0, 0.1) is 0 Å². The second-order valence-electron chi connectivity index (χ2n) is 5.28. The van der Waals surface area contributed by atoms with Crippen molar-refractivity contribution in [3.63, 3.8) is 0 Å². The monoisotopic (exact) mass is 279 g/mol. The molecule has 0 amide bonds. The summed E-state index contributed by atoms with van der Waals surface area (Å²) in [6.45, 7) is 3.99. The maximum Gasteiger partial charge on any atom is 0.305 e. The van der Waals surface area contributed by atoms with E-state index in [9.17, 15) is 9.90 Å². The van der Waals surface area contributed by atoms with Gasteiger partial charge in [0.25, 0.3) is 0 Å². The zero-order valence-corrected chi connectivity index (χ0v) is 11.7. The van der Waals surface area contributed by atoms with Crippen LogP contribution in [0.1, 0.15) is 18.9 Å². The molecule has 2 rings (SSSR count). The molecule has 0 aliphatic carbocycles. The van der Waals surface area contributed by atoms with Crippen LogP contribution in [-0.2, 0) is 16.0 Å². The highest BCUT2D eigenvalue weighted by atomic mass is 16.5. The molecule has 5 nitrogen and oxygen atoms in total. The highest BCUT2D eigenvalue weighted by Gasteiger charge is 2.28. The SMILES string of the molecule is CC(Cc1ccc(O)cc1)N1CCOCC1CC(=O)O. The van der Waals surface area contributed by atoms with Crippen LogP contribution in [0.4, 0.5) is 0 Å². The fraction of sp³-hybridized carbons (Fsp3) is 0.533. The highest BCUT2D eigenvalue weighted by Crippen LogP contribution is 2.18. The van der Waals surface area contributed by atoms with Crippen LogP contribution in [0.2, 0.25) is 0 Å². The summed E-state index contributed by atoms with van der Waals surface area (Å²) in [5, 5.41) is 18.3. The van der Waals surface area contributed by atoms with E-state index in [-0.39, 0.29) is 24.3 Å². The number of aromatic hydroxyl groups is 1. The molecule has 2 unspecified atom stereocenters. The van der Waals surface area contributed by atoms with Gasteiger partial charge >= 0.3 is 5.97 Å². The number of carbonyl (C=O) groups is 1. The zero-order valence-electron chi connectivity index (χ0n) is 11.7. The third kappa shape index (κ3) is 3.95. The normalized spacial score (nSPS) is 21.6. The van der Waals surface area contributed by atoms with E-state index in [4.69, 9.17) is 9.84 Å². The van der Waals surface area contributed by atoms with Gasteiger partial charge < -0.3 is 14.9 Å². The van der Waals surface area contributed by atoms with Gasteiger partial charge in [-0.25, -0.2) is 0 Å². The van der Waals surface area contributed by atoms with Crippen LogP contribution in [-0.4, -0.2) is 52.9 Å². The third-order valence-corrected chi connectivity index (χ3v) is 3.72. The molecule has 5 heteroatoms. The van der Waals surface area contributed by atoms with Gasteiger partial charge in [0.15, 0.2) is 0 Å². The van der Waals surface area contributed by atoms with Gasteiger partial charge in [-0.1, -0.05) is 12.1 Å². The van der Waals surface area contributed by atoms with Crippen molar-refractivity contribution in [1.82, 2.24) is 4.90 Å². The predicted molar refractivity (Wildman–Crippen MR) is 74.8 cm³/mol.